The van der Waals surface area contributed by atoms with E-state index in [1.807, 2.05) is 113 Å². The molecular weight excluding hydrogens is 1330 g/mol. The van der Waals surface area contributed by atoms with Crippen LogP contribution < -0.4 is 25.4 Å². The zero-order valence-electron chi connectivity index (χ0n) is 58.4. The standard InChI is InChI=1S/C71H90N9O20P/c1-45(2)80(46(3)4)101(95-36-19-33-72)100-63-58(41-94-71(52-22-15-12-16-23-52,53-25-29-55(87-9)30-26-53)54-27-31-56(88-10)32-28-54)98-69(79-43-76-61-66(74-42-75-67(61)79)78-68(86)51-20-13-11-14-21-51)65(63)93-44-90-39-38-89-37-34-73-59(85)24-17-18-35-91-70-60(77-47(5)81)64(97-50(8)84)62(96-49(7)83)57(99-70)40-92-48(6)82/h11-16,20-23,25-32,42-43,45-46,57-58,60,62-65,69-70H,17-19,24,34-41,44H2,1-10H3,(H,73,85)(H,77,81)(H,74,75,78,86)/t57-,58-,60-,62+,63-,64-,65-,69-,70-,101?/m1/s1. The van der Waals surface area contributed by atoms with E-state index in [0.717, 1.165) is 30.5 Å². The van der Waals surface area contributed by atoms with Gasteiger partial charge in [-0.25, -0.2) is 19.6 Å². The van der Waals surface area contributed by atoms with Crippen LogP contribution >= 0.6 is 8.53 Å². The highest BCUT2D eigenvalue weighted by molar-refractivity contribution is 7.44. The van der Waals surface area contributed by atoms with Gasteiger partial charge in [-0.3, -0.25) is 33.3 Å². The maximum Gasteiger partial charge on any atom is 0.303 e. The quantitative estimate of drug-likeness (QED) is 0.00821. The number of methoxy groups -OCH3 is 2. The van der Waals surface area contributed by atoms with Gasteiger partial charge in [-0.15, -0.1) is 0 Å². The number of nitrogens with one attached hydrogen (secondary N) is 3. The lowest BCUT2D eigenvalue weighted by atomic mass is 9.80. The first-order valence-corrected chi connectivity index (χ1v) is 34.4. The molecular formula is C71H90N9O20P. The number of benzene rings is 4. The van der Waals surface area contributed by atoms with E-state index in [0.29, 0.717) is 29.9 Å². The number of imidazole rings is 1. The molecule has 0 spiro atoms. The second kappa shape index (κ2) is 39.0. The molecule has 2 saturated heterocycles. The topological polar surface area (TPSA) is 338 Å². The normalized spacial score (nSPS) is 20.1. The predicted octanol–water partition coefficient (Wildman–Crippen LogP) is 8.00. The highest BCUT2D eigenvalue weighted by Gasteiger charge is 2.53. The van der Waals surface area contributed by atoms with Crippen LogP contribution in [0.5, 0.6) is 11.5 Å². The molecule has 0 radical (unpaired) electrons. The zero-order chi connectivity index (χ0) is 72.4. The van der Waals surface area contributed by atoms with Gasteiger partial charge in [-0.05, 0) is 93.6 Å². The van der Waals surface area contributed by atoms with E-state index in [2.05, 4.69) is 36.7 Å². The van der Waals surface area contributed by atoms with Gasteiger partial charge in [0.2, 0.25) is 11.8 Å². The number of ether oxygens (including phenoxy) is 12. The maximum absolute atomic E-state index is 13.6. The molecule has 2 fully saturated rings. The second-order valence-corrected chi connectivity index (χ2v) is 25.4. The van der Waals surface area contributed by atoms with Crippen molar-refractivity contribution < 1.29 is 94.7 Å². The minimum atomic E-state index is -1.98. The summed E-state index contributed by atoms with van der Waals surface area (Å²) in [7, 11) is 1.23. The molecule has 29 nitrogen and oxygen atoms in total. The number of aromatic nitrogens is 4. The Labute approximate surface area is 588 Å². The van der Waals surface area contributed by atoms with Crippen molar-refractivity contribution in [1.29, 1.82) is 5.26 Å². The van der Waals surface area contributed by atoms with E-state index in [1.165, 1.54) is 26.5 Å². The molecule has 4 heterocycles. The molecule has 30 heteroatoms. The molecule has 2 aliphatic rings. The van der Waals surface area contributed by atoms with E-state index in [-0.39, 0.29) is 107 Å². The van der Waals surface area contributed by atoms with Gasteiger partial charge in [0, 0.05) is 64.9 Å². The predicted molar refractivity (Wildman–Crippen MR) is 365 cm³/mol. The van der Waals surface area contributed by atoms with E-state index < -0.39 is 99.0 Å². The Morgan fingerprint density at radius 1 is 0.673 bits per heavy atom. The summed E-state index contributed by atoms with van der Waals surface area (Å²) < 4.78 is 90.9. The number of unbranched alkanes of at least 4 members (excludes halogenated alkanes) is 1. The van der Waals surface area contributed by atoms with E-state index in [4.69, 9.17) is 70.9 Å². The lowest BCUT2D eigenvalue weighted by Gasteiger charge is -2.44. The highest BCUT2D eigenvalue weighted by Crippen LogP contribution is 2.52. The van der Waals surface area contributed by atoms with Crippen LogP contribution in [0, 0.1) is 11.3 Å². The van der Waals surface area contributed by atoms with Crippen LogP contribution in [-0.2, 0) is 86.0 Å². The van der Waals surface area contributed by atoms with Crippen molar-refractivity contribution in [2.45, 2.75) is 154 Å². The highest BCUT2D eigenvalue weighted by atomic mass is 31.2. The smallest absolute Gasteiger partial charge is 0.303 e. The fraction of sp³-hybridized carbons (Fsp3) is 0.493. The SMILES string of the molecule is COc1ccc(C(OC[C@H]2O[C@@H](n3cnc4c(NC(=O)c5ccccc5)ncnc43)[C@H](OCOCCOCCNC(=O)CCCCO[C@@H]3O[C@H](COC(C)=O)[C@H](OC(C)=O)[C@H](OC(C)=O)[C@H]3NC(C)=O)[C@@H]2OP(OCCC#N)N(C(C)C)C(C)C)(c2ccccc2)c2ccc(OC)cc2)cc1. The van der Waals surface area contributed by atoms with Gasteiger partial charge in [-0.1, -0.05) is 72.8 Å². The van der Waals surface area contributed by atoms with E-state index in [9.17, 15) is 34.0 Å². The molecule has 2 aliphatic heterocycles. The average Bonchev–Trinajstić information content (AvgIpc) is 1.74. The number of nitrogens with zero attached hydrogens (tertiary/aromatic N) is 6. The molecule has 3 N–H and O–H groups in total. The summed E-state index contributed by atoms with van der Waals surface area (Å²) in [4.78, 5) is 89.0. The summed E-state index contributed by atoms with van der Waals surface area (Å²) in [5, 5.41) is 18.2. The number of carbonyl (C=O) groups excluding carboxylic acids is 6. The number of rotatable bonds is 39. The number of amides is 3. The second-order valence-electron chi connectivity index (χ2n) is 24.0. The molecule has 0 bridgehead atoms. The van der Waals surface area contributed by atoms with Gasteiger partial charge < -0.3 is 81.8 Å². The molecule has 101 heavy (non-hydrogen) atoms. The fourth-order valence-electron chi connectivity index (χ4n) is 11.7. The number of anilines is 1. The van der Waals surface area contributed by atoms with Gasteiger partial charge in [0.15, 0.2) is 41.7 Å². The molecule has 544 valence electrons. The summed E-state index contributed by atoms with van der Waals surface area (Å²) in [6.45, 7) is 12.6. The van der Waals surface area contributed by atoms with Crippen LogP contribution in [0.25, 0.3) is 11.2 Å². The largest absolute Gasteiger partial charge is 0.497 e. The molecule has 0 saturated carbocycles. The lowest BCUT2D eigenvalue weighted by molar-refractivity contribution is -0.277. The maximum atomic E-state index is 13.6. The van der Waals surface area contributed by atoms with Crippen molar-refractivity contribution >= 4 is 61.1 Å². The van der Waals surface area contributed by atoms with Crippen molar-refractivity contribution in [3.63, 3.8) is 0 Å². The van der Waals surface area contributed by atoms with Crippen LogP contribution in [0.2, 0.25) is 0 Å². The van der Waals surface area contributed by atoms with Gasteiger partial charge in [0.25, 0.3) is 14.4 Å². The first-order valence-electron chi connectivity index (χ1n) is 33.2. The number of hydrogen-bond donors (Lipinski definition) is 3. The zero-order valence-corrected chi connectivity index (χ0v) is 59.3. The minimum absolute atomic E-state index is 0.0377. The van der Waals surface area contributed by atoms with Gasteiger partial charge >= 0.3 is 17.9 Å². The molecule has 2 aromatic heterocycles. The van der Waals surface area contributed by atoms with Gasteiger partial charge in [0.1, 0.15) is 67.3 Å². The number of carbonyl (C=O) groups is 6. The molecule has 0 aliphatic carbocycles. The number of esters is 3. The third kappa shape index (κ3) is 21.5. The number of nitriles is 1. The van der Waals surface area contributed by atoms with Crippen molar-refractivity contribution in [3.8, 4) is 17.6 Å². The Balaban J connectivity index is 0.988. The monoisotopic (exact) mass is 1420 g/mol. The third-order valence-corrected chi connectivity index (χ3v) is 18.3. The van der Waals surface area contributed by atoms with E-state index in [1.54, 1.807) is 43.1 Å². The summed E-state index contributed by atoms with van der Waals surface area (Å²) >= 11 is 0. The van der Waals surface area contributed by atoms with Gasteiger partial charge in [0.05, 0.1) is 66.1 Å². The van der Waals surface area contributed by atoms with Crippen LogP contribution in [0.15, 0.2) is 122 Å². The van der Waals surface area contributed by atoms with Crippen LogP contribution in [0.3, 0.4) is 0 Å². The summed E-state index contributed by atoms with van der Waals surface area (Å²) in [6.07, 6.45) is -5.21. The van der Waals surface area contributed by atoms with Crippen molar-refractivity contribution in [2.24, 2.45) is 0 Å². The Hall–Kier alpha value is -8.63. The van der Waals surface area contributed by atoms with Gasteiger partial charge in [-0.2, -0.15) is 5.26 Å². The molecule has 10 atom stereocenters. The number of hydrogen-bond acceptors (Lipinski definition) is 25. The van der Waals surface area contributed by atoms with Crippen molar-refractivity contribution in [1.82, 2.24) is 34.8 Å². The van der Waals surface area contributed by atoms with Crippen molar-refractivity contribution in [2.75, 3.05) is 79.1 Å². The summed E-state index contributed by atoms with van der Waals surface area (Å²) in [5.74, 6) is -1.85. The molecule has 6 aromatic rings. The first-order chi connectivity index (χ1) is 48.8. The Morgan fingerprint density at radius 2 is 1.30 bits per heavy atom. The summed E-state index contributed by atoms with van der Waals surface area (Å²) in [5.41, 5.74) is 1.97. The van der Waals surface area contributed by atoms with Crippen molar-refractivity contribution in [3.05, 3.63) is 144 Å². The molecule has 1 unspecified atom stereocenters. The van der Waals surface area contributed by atoms with E-state index >= 15 is 0 Å². The Kier molecular flexibility index (Phi) is 30.1. The van der Waals surface area contributed by atoms with Crippen LogP contribution in [0.4, 0.5) is 5.82 Å². The third-order valence-electron chi connectivity index (χ3n) is 16.1. The van der Waals surface area contributed by atoms with Crippen LogP contribution in [0.1, 0.15) is 114 Å². The lowest BCUT2D eigenvalue weighted by Crippen LogP contribution is -2.66. The molecule has 4 aromatic carbocycles. The summed E-state index contributed by atoms with van der Waals surface area (Å²) in [6, 6.07) is 34.7. The minimum Gasteiger partial charge on any atom is -0.497 e. The average molecular weight is 1420 g/mol. The number of fused-ring (bicyclic) bond motifs is 1. The first kappa shape index (κ1) is 78.1. The molecule has 8 rings (SSSR count). The Morgan fingerprint density at radius 3 is 1.91 bits per heavy atom. The Bertz CT molecular complexity index is 3610. The fourth-order valence-corrected chi connectivity index (χ4v) is 13.5. The molecule has 3 amide bonds. The van der Waals surface area contributed by atoms with Crippen LogP contribution in [-0.4, -0.2) is 195 Å².